The van der Waals surface area contributed by atoms with Gasteiger partial charge < -0.3 is 4.57 Å². The molecule has 0 fully saturated rings. The zero-order valence-electron chi connectivity index (χ0n) is 15.2. The summed E-state index contributed by atoms with van der Waals surface area (Å²) in [6.45, 7) is 0. The smallest absolute Gasteiger partial charge is 0.316 e. The Hall–Kier alpha value is -2.71. The minimum atomic E-state index is -4.35. The van der Waals surface area contributed by atoms with Gasteiger partial charge in [0.25, 0.3) is 0 Å². The van der Waals surface area contributed by atoms with Crippen LogP contribution in [0.5, 0.6) is 0 Å². The zero-order chi connectivity index (χ0) is 19.9. The summed E-state index contributed by atoms with van der Waals surface area (Å²) >= 11 is 1.50. The van der Waals surface area contributed by atoms with Gasteiger partial charge in [-0.2, -0.15) is 18.3 Å². The van der Waals surface area contributed by atoms with E-state index in [0.717, 1.165) is 39.1 Å². The first-order valence-electron chi connectivity index (χ1n) is 8.52. The van der Waals surface area contributed by atoms with Gasteiger partial charge in [0.15, 0.2) is 0 Å². The van der Waals surface area contributed by atoms with Crippen LogP contribution < -0.4 is 4.72 Å². The minimum Gasteiger partial charge on any atom is -0.316 e. The molecule has 2 heterocycles. The number of aryl methyl sites for hydroxylation is 1. The molecule has 2 aromatic heterocycles. The lowest BCUT2D eigenvalue weighted by atomic mass is 10.1. The quantitative estimate of drug-likeness (QED) is 0.472. The zero-order valence-corrected chi connectivity index (χ0v) is 16.0. The molecule has 0 atom stereocenters. The molecule has 0 radical (unpaired) electrons. The number of rotatable bonds is 4. The number of aromatic nitrogens is 3. The second kappa shape index (κ2) is 7.03. The van der Waals surface area contributed by atoms with Gasteiger partial charge in [-0.1, -0.05) is 0 Å². The third kappa shape index (κ3) is 3.41. The monoisotopic (exact) mass is 402 g/mol. The first-order chi connectivity index (χ1) is 13.4. The van der Waals surface area contributed by atoms with Gasteiger partial charge in [0.05, 0.1) is 17.3 Å². The van der Waals surface area contributed by atoms with E-state index in [9.17, 15) is 13.2 Å². The predicted octanol–water partition coefficient (Wildman–Crippen LogP) is 5.28. The average molecular weight is 402 g/mol. The minimum absolute atomic E-state index is 0.659. The highest BCUT2D eigenvalue weighted by molar-refractivity contribution is 7.97. The van der Waals surface area contributed by atoms with Gasteiger partial charge in [-0.25, -0.2) is 0 Å². The molecule has 2 aromatic carbocycles. The molecule has 0 bridgehead atoms. The van der Waals surface area contributed by atoms with Crippen molar-refractivity contribution in [3.05, 3.63) is 66.6 Å². The molecule has 144 valence electrons. The summed E-state index contributed by atoms with van der Waals surface area (Å²) in [6.07, 6.45) is 1.29. The van der Waals surface area contributed by atoms with Crippen LogP contribution in [-0.4, -0.2) is 21.4 Å². The lowest BCUT2D eigenvalue weighted by Crippen LogP contribution is -2.04. The molecular weight excluding hydrogens is 385 g/mol. The van der Waals surface area contributed by atoms with Gasteiger partial charge in [0.1, 0.15) is 0 Å². The second-order valence-corrected chi connectivity index (χ2v) is 7.43. The molecule has 0 amide bonds. The maximum atomic E-state index is 12.9. The number of halogens is 3. The molecule has 0 aliphatic rings. The molecule has 0 spiro atoms. The lowest BCUT2D eigenvalue weighted by molar-refractivity contribution is -0.137. The Kier molecular flexibility index (Phi) is 4.68. The Labute approximate surface area is 164 Å². The van der Waals surface area contributed by atoms with Crippen molar-refractivity contribution < 1.29 is 13.2 Å². The summed E-state index contributed by atoms with van der Waals surface area (Å²) < 4.78 is 45.4. The number of fused-ring (bicyclic) bond motifs is 1. The van der Waals surface area contributed by atoms with Crippen LogP contribution in [0.2, 0.25) is 0 Å². The summed E-state index contributed by atoms with van der Waals surface area (Å²) in [5.74, 6) is 0. The fraction of sp³-hybridized carbons (Fsp3) is 0.150. The standard InChI is InChI=1S/C20H17F3N4S/c1-24-28-16-7-8-19-17(9-16)18(13-10-25-26(2)11-13)12-27(19)15-5-3-14(4-6-15)20(21,22)23/h3-12,24H,1-2H3. The molecule has 1 N–H and O–H groups in total. The molecule has 0 saturated carbocycles. The lowest BCUT2D eigenvalue weighted by Gasteiger charge is -2.09. The van der Waals surface area contributed by atoms with Crippen molar-refractivity contribution in [2.75, 3.05) is 7.05 Å². The highest BCUT2D eigenvalue weighted by Gasteiger charge is 2.30. The average Bonchev–Trinajstić information content (AvgIpc) is 3.25. The molecule has 0 unspecified atom stereocenters. The van der Waals surface area contributed by atoms with Crippen LogP contribution in [0.1, 0.15) is 5.56 Å². The molecular formula is C20H17F3N4S. The normalized spacial score (nSPS) is 12.0. The van der Waals surface area contributed by atoms with E-state index in [-0.39, 0.29) is 0 Å². The summed E-state index contributed by atoms with van der Waals surface area (Å²) in [5, 5.41) is 5.25. The van der Waals surface area contributed by atoms with E-state index in [1.165, 1.54) is 24.1 Å². The molecule has 8 heteroatoms. The molecule has 0 aliphatic heterocycles. The Morgan fingerprint density at radius 1 is 1.04 bits per heavy atom. The van der Waals surface area contributed by atoms with Gasteiger partial charge in [-0.3, -0.25) is 9.40 Å². The van der Waals surface area contributed by atoms with E-state index in [1.54, 1.807) is 10.9 Å². The number of nitrogens with one attached hydrogen (secondary N) is 1. The van der Waals surface area contributed by atoms with Gasteiger partial charge in [-0.15, -0.1) is 0 Å². The summed E-state index contributed by atoms with van der Waals surface area (Å²) in [4.78, 5) is 1.05. The predicted molar refractivity (Wildman–Crippen MR) is 105 cm³/mol. The maximum Gasteiger partial charge on any atom is 0.416 e. The summed E-state index contributed by atoms with van der Waals surface area (Å²) in [6, 6.07) is 11.2. The van der Waals surface area contributed by atoms with Crippen molar-refractivity contribution in [3.8, 4) is 16.8 Å². The van der Waals surface area contributed by atoms with Crippen molar-refractivity contribution in [3.63, 3.8) is 0 Å². The largest absolute Gasteiger partial charge is 0.416 e. The van der Waals surface area contributed by atoms with Crippen molar-refractivity contribution >= 4 is 22.9 Å². The molecule has 0 saturated heterocycles. The maximum absolute atomic E-state index is 12.9. The fourth-order valence-electron chi connectivity index (χ4n) is 3.21. The summed E-state index contributed by atoms with van der Waals surface area (Å²) in [5.41, 5.74) is 2.85. The van der Waals surface area contributed by atoms with E-state index >= 15 is 0 Å². The molecule has 4 rings (SSSR count). The van der Waals surface area contributed by atoms with Crippen molar-refractivity contribution in [1.29, 1.82) is 0 Å². The number of benzene rings is 2. The topological polar surface area (TPSA) is 34.8 Å². The van der Waals surface area contributed by atoms with Crippen LogP contribution in [-0.2, 0) is 13.2 Å². The number of alkyl halides is 3. The molecule has 0 aliphatic carbocycles. The number of hydrogen-bond acceptors (Lipinski definition) is 3. The second-order valence-electron chi connectivity index (χ2n) is 6.35. The van der Waals surface area contributed by atoms with Crippen LogP contribution in [0.15, 0.2) is 66.0 Å². The van der Waals surface area contributed by atoms with Crippen LogP contribution in [0.4, 0.5) is 13.2 Å². The van der Waals surface area contributed by atoms with E-state index < -0.39 is 11.7 Å². The highest BCUT2D eigenvalue weighted by atomic mass is 32.2. The Morgan fingerprint density at radius 3 is 2.39 bits per heavy atom. The number of nitrogens with zero attached hydrogens (tertiary/aromatic N) is 3. The Bertz CT molecular complexity index is 1130. The third-order valence-corrected chi connectivity index (χ3v) is 5.18. The van der Waals surface area contributed by atoms with Crippen LogP contribution in [0, 0.1) is 0 Å². The van der Waals surface area contributed by atoms with Crippen molar-refractivity contribution in [2.45, 2.75) is 11.1 Å². The van der Waals surface area contributed by atoms with Crippen molar-refractivity contribution in [2.24, 2.45) is 7.05 Å². The van der Waals surface area contributed by atoms with Crippen LogP contribution >= 0.6 is 11.9 Å². The third-order valence-electron chi connectivity index (χ3n) is 4.48. The van der Waals surface area contributed by atoms with Gasteiger partial charge in [-0.05, 0) is 61.5 Å². The first-order valence-corrected chi connectivity index (χ1v) is 9.34. The highest BCUT2D eigenvalue weighted by Crippen LogP contribution is 2.35. The van der Waals surface area contributed by atoms with Crippen LogP contribution in [0.3, 0.4) is 0 Å². The summed E-state index contributed by atoms with van der Waals surface area (Å²) in [7, 11) is 3.70. The number of hydrogen-bond donors (Lipinski definition) is 1. The molecule has 28 heavy (non-hydrogen) atoms. The van der Waals surface area contributed by atoms with E-state index in [0.29, 0.717) is 5.69 Å². The fourth-order valence-corrected chi connectivity index (χ4v) is 3.75. The van der Waals surface area contributed by atoms with Crippen molar-refractivity contribution in [1.82, 2.24) is 19.1 Å². The van der Waals surface area contributed by atoms with E-state index in [4.69, 9.17) is 0 Å². The first kappa shape index (κ1) is 18.6. The Morgan fingerprint density at radius 2 is 1.79 bits per heavy atom. The molecule has 4 aromatic rings. The van der Waals surface area contributed by atoms with E-state index in [1.807, 2.05) is 43.2 Å². The Balaban J connectivity index is 1.89. The van der Waals surface area contributed by atoms with Gasteiger partial charge >= 0.3 is 6.18 Å². The van der Waals surface area contributed by atoms with Gasteiger partial charge in [0.2, 0.25) is 0 Å². The van der Waals surface area contributed by atoms with E-state index in [2.05, 4.69) is 15.9 Å². The molecule has 4 nitrogen and oxygen atoms in total. The van der Waals surface area contributed by atoms with Crippen LogP contribution in [0.25, 0.3) is 27.7 Å². The van der Waals surface area contributed by atoms with Gasteiger partial charge in [0, 0.05) is 46.5 Å². The SMILES string of the molecule is CNSc1ccc2c(c1)c(-c1cnn(C)c1)cn2-c1ccc(C(F)(F)F)cc1.